The van der Waals surface area contributed by atoms with E-state index in [4.69, 9.17) is 4.74 Å². The molecule has 25 heavy (non-hydrogen) atoms. The maximum Gasteiger partial charge on any atom is 0.326 e. The van der Waals surface area contributed by atoms with E-state index in [1.807, 2.05) is 36.4 Å². The van der Waals surface area contributed by atoms with Crippen molar-refractivity contribution in [3.8, 4) is 0 Å². The number of nitrogens with zero attached hydrogens (tertiary/aromatic N) is 1. The highest BCUT2D eigenvalue weighted by molar-refractivity contribution is 8.00. The van der Waals surface area contributed by atoms with Crippen molar-refractivity contribution in [3.05, 3.63) is 59.7 Å². The predicted molar refractivity (Wildman–Crippen MR) is 97.9 cm³/mol. The smallest absolute Gasteiger partial charge is 0.326 e. The van der Waals surface area contributed by atoms with E-state index in [1.54, 1.807) is 4.90 Å². The molecule has 1 unspecified atom stereocenters. The van der Waals surface area contributed by atoms with Gasteiger partial charge in [0.25, 0.3) is 0 Å². The Bertz CT molecular complexity index is 820. The summed E-state index contributed by atoms with van der Waals surface area (Å²) in [5.74, 6) is -0.0183. The zero-order valence-corrected chi connectivity index (χ0v) is 14.6. The molecule has 2 aromatic rings. The van der Waals surface area contributed by atoms with Crippen LogP contribution in [0.2, 0.25) is 0 Å². The van der Waals surface area contributed by atoms with Crippen LogP contribution in [-0.4, -0.2) is 30.3 Å². The summed E-state index contributed by atoms with van der Waals surface area (Å²) in [6.45, 7) is -0.0193. The predicted octanol–water partition coefficient (Wildman–Crippen LogP) is 3.23. The molecule has 0 saturated heterocycles. The summed E-state index contributed by atoms with van der Waals surface area (Å²) in [5, 5.41) is 0. The van der Waals surface area contributed by atoms with E-state index in [-0.39, 0.29) is 24.5 Å². The maximum absolute atomic E-state index is 12.4. The summed E-state index contributed by atoms with van der Waals surface area (Å²) < 4.78 is 5.67. The number of esters is 1. The largest absolute Gasteiger partial charge is 0.461 e. The standard InChI is InChI=1S/C20H19NO3S/c22-19-13-25-18-8-4-3-7-17(18)21(19)12-20(23)24-16-10-9-14-5-1-2-6-15(14)11-16/h1-8,16H,9-13H2. The van der Waals surface area contributed by atoms with Crippen LogP contribution < -0.4 is 4.90 Å². The van der Waals surface area contributed by atoms with E-state index in [9.17, 15) is 9.59 Å². The molecule has 1 aliphatic carbocycles. The molecule has 0 N–H and O–H groups in total. The first-order chi connectivity index (χ1) is 12.2. The fourth-order valence-electron chi connectivity index (χ4n) is 3.44. The van der Waals surface area contributed by atoms with Gasteiger partial charge in [0, 0.05) is 11.3 Å². The van der Waals surface area contributed by atoms with E-state index in [1.165, 1.54) is 22.9 Å². The zero-order chi connectivity index (χ0) is 17.2. The number of hydrogen-bond donors (Lipinski definition) is 0. The lowest BCUT2D eigenvalue weighted by Gasteiger charge is -2.29. The minimum atomic E-state index is -0.334. The highest BCUT2D eigenvalue weighted by Crippen LogP contribution is 2.34. The normalized spacial score (nSPS) is 19.1. The summed E-state index contributed by atoms with van der Waals surface area (Å²) in [4.78, 5) is 27.2. The van der Waals surface area contributed by atoms with Crippen LogP contribution in [0.25, 0.3) is 0 Å². The Morgan fingerprint density at radius 1 is 1.12 bits per heavy atom. The summed E-state index contributed by atoms with van der Waals surface area (Å²) in [6.07, 6.45) is 2.41. The number of hydrogen-bond acceptors (Lipinski definition) is 4. The molecule has 1 aliphatic heterocycles. The number of ether oxygens (including phenoxy) is 1. The van der Waals surface area contributed by atoms with Gasteiger partial charge in [0.1, 0.15) is 12.6 Å². The van der Waals surface area contributed by atoms with Crippen molar-refractivity contribution in [2.75, 3.05) is 17.2 Å². The van der Waals surface area contributed by atoms with Crippen molar-refractivity contribution in [3.63, 3.8) is 0 Å². The molecule has 0 spiro atoms. The maximum atomic E-state index is 12.4. The SMILES string of the molecule is O=C(CN1C(=O)CSc2ccccc21)OC1CCc2ccccc2C1. The summed E-state index contributed by atoms with van der Waals surface area (Å²) >= 11 is 1.51. The Morgan fingerprint density at radius 3 is 2.76 bits per heavy atom. The molecule has 0 aromatic heterocycles. The highest BCUT2D eigenvalue weighted by Gasteiger charge is 2.28. The molecule has 0 fully saturated rings. The monoisotopic (exact) mass is 353 g/mol. The third-order valence-electron chi connectivity index (χ3n) is 4.70. The Balaban J connectivity index is 1.42. The second-order valence-electron chi connectivity index (χ2n) is 6.36. The van der Waals surface area contributed by atoms with E-state index in [0.29, 0.717) is 5.75 Å². The Labute approximate surface area is 151 Å². The molecule has 128 valence electrons. The number of amides is 1. The topological polar surface area (TPSA) is 46.6 Å². The minimum Gasteiger partial charge on any atom is -0.461 e. The number of aryl methyl sites for hydroxylation is 1. The van der Waals surface area contributed by atoms with Crippen LogP contribution in [0, 0.1) is 0 Å². The fraction of sp³-hybridized carbons (Fsp3) is 0.300. The number of carbonyl (C=O) groups excluding carboxylic acids is 2. The van der Waals surface area contributed by atoms with Gasteiger partial charge in [-0.25, -0.2) is 0 Å². The zero-order valence-electron chi connectivity index (χ0n) is 13.8. The van der Waals surface area contributed by atoms with Gasteiger partial charge in [-0.05, 0) is 36.1 Å². The van der Waals surface area contributed by atoms with Gasteiger partial charge in [-0.15, -0.1) is 11.8 Å². The van der Waals surface area contributed by atoms with Crippen molar-refractivity contribution in [1.82, 2.24) is 0 Å². The molecular formula is C20H19NO3S. The number of thioether (sulfide) groups is 1. The third-order valence-corrected chi connectivity index (χ3v) is 5.74. The Kier molecular flexibility index (Phi) is 4.49. The number of carbonyl (C=O) groups is 2. The molecule has 2 aromatic carbocycles. The van der Waals surface area contributed by atoms with Gasteiger partial charge in [-0.3, -0.25) is 14.5 Å². The van der Waals surface area contributed by atoms with Crippen molar-refractivity contribution in [2.24, 2.45) is 0 Å². The second kappa shape index (κ2) is 6.92. The number of fused-ring (bicyclic) bond motifs is 2. The first-order valence-corrected chi connectivity index (χ1v) is 9.48. The average molecular weight is 353 g/mol. The number of anilines is 1. The van der Waals surface area contributed by atoms with Gasteiger partial charge in [0.15, 0.2) is 0 Å². The van der Waals surface area contributed by atoms with Gasteiger partial charge in [0.05, 0.1) is 11.4 Å². The third kappa shape index (κ3) is 3.42. The summed E-state index contributed by atoms with van der Waals surface area (Å²) in [7, 11) is 0. The average Bonchev–Trinajstić information content (AvgIpc) is 2.64. The first kappa shape index (κ1) is 16.2. The molecular weight excluding hydrogens is 334 g/mol. The van der Waals surface area contributed by atoms with Crippen molar-refractivity contribution in [2.45, 2.75) is 30.3 Å². The fourth-order valence-corrected chi connectivity index (χ4v) is 4.38. The molecule has 5 heteroatoms. The van der Waals surface area contributed by atoms with Crippen LogP contribution in [-0.2, 0) is 27.2 Å². The van der Waals surface area contributed by atoms with Crippen LogP contribution in [0.15, 0.2) is 53.4 Å². The number of benzene rings is 2. The lowest BCUT2D eigenvalue weighted by atomic mass is 9.90. The van der Waals surface area contributed by atoms with Crippen LogP contribution in [0.5, 0.6) is 0 Å². The molecule has 0 radical (unpaired) electrons. The number of para-hydroxylation sites is 1. The molecule has 1 atom stereocenters. The highest BCUT2D eigenvalue weighted by atomic mass is 32.2. The quantitative estimate of drug-likeness (QED) is 0.795. The Morgan fingerprint density at radius 2 is 1.88 bits per heavy atom. The molecule has 1 heterocycles. The molecule has 4 rings (SSSR count). The summed E-state index contributed by atoms with van der Waals surface area (Å²) in [5.41, 5.74) is 3.39. The van der Waals surface area contributed by atoms with Crippen LogP contribution >= 0.6 is 11.8 Å². The molecule has 1 amide bonds. The van der Waals surface area contributed by atoms with Crippen LogP contribution in [0.4, 0.5) is 5.69 Å². The van der Waals surface area contributed by atoms with Gasteiger partial charge in [0.2, 0.25) is 5.91 Å². The molecule has 0 bridgehead atoms. The van der Waals surface area contributed by atoms with E-state index in [2.05, 4.69) is 12.1 Å². The van der Waals surface area contributed by atoms with Crippen LogP contribution in [0.3, 0.4) is 0 Å². The van der Waals surface area contributed by atoms with Crippen molar-refractivity contribution < 1.29 is 14.3 Å². The number of rotatable bonds is 3. The van der Waals surface area contributed by atoms with E-state index in [0.717, 1.165) is 29.8 Å². The van der Waals surface area contributed by atoms with Gasteiger partial charge in [-0.1, -0.05) is 36.4 Å². The van der Waals surface area contributed by atoms with Gasteiger partial charge < -0.3 is 4.74 Å². The van der Waals surface area contributed by atoms with E-state index < -0.39 is 0 Å². The van der Waals surface area contributed by atoms with Crippen LogP contribution in [0.1, 0.15) is 17.5 Å². The lowest BCUT2D eigenvalue weighted by molar-refractivity contribution is -0.148. The van der Waals surface area contributed by atoms with Crippen molar-refractivity contribution in [1.29, 1.82) is 0 Å². The van der Waals surface area contributed by atoms with E-state index >= 15 is 0 Å². The molecule has 0 saturated carbocycles. The summed E-state index contributed by atoms with van der Waals surface area (Å²) in [6, 6.07) is 16.0. The van der Waals surface area contributed by atoms with Gasteiger partial charge in [-0.2, -0.15) is 0 Å². The molecule has 4 nitrogen and oxygen atoms in total. The second-order valence-corrected chi connectivity index (χ2v) is 7.38. The first-order valence-electron chi connectivity index (χ1n) is 8.49. The van der Waals surface area contributed by atoms with Gasteiger partial charge >= 0.3 is 5.97 Å². The Hall–Kier alpha value is -2.27. The lowest BCUT2D eigenvalue weighted by Crippen LogP contribution is -2.41. The molecule has 2 aliphatic rings. The minimum absolute atomic E-state index is 0.0193. The van der Waals surface area contributed by atoms with Crippen molar-refractivity contribution >= 4 is 29.3 Å².